The highest BCUT2D eigenvalue weighted by atomic mass is 19.1. The van der Waals surface area contributed by atoms with E-state index in [9.17, 15) is 14.4 Å². The maximum atomic E-state index is 15.3. The summed E-state index contributed by atoms with van der Waals surface area (Å²) in [5.41, 5.74) is 5.03. The number of hydrogen-bond acceptors (Lipinski definition) is 7. The van der Waals surface area contributed by atoms with Gasteiger partial charge >= 0.3 is 6.09 Å². The summed E-state index contributed by atoms with van der Waals surface area (Å²) in [4.78, 5) is 48.2. The van der Waals surface area contributed by atoms with E-state index < -0.39 is 17.8 Å². The summed E-state index contributed by atoms with van der Waals surface area (Å²) in [6.45, 7) is 2.41. The zero-order chi connectivity index (χ0) is 29.9. The van der Waals surface area contributed by atoms with Crippen LogP contribution in [0, 0.1) is 5.82 Å². The third-order valence-corrected chi connectivity index (χ3v) is 7.73. The minimum Gasteiger partial charge on any atom is -0.451 e. The third kappa shape index (κ3) is 5.64. The van der Waals surface area contributed by atoms with E-state index in [1.807, 2.05) is 35.2 Å². The lowest BCUT2D eigenvalue weighted by Crippen LogP contribution is -2.60. The Balaban J connectivity index is 1.48. The standard InChI is InChI=1S/C32H30FN5O5/c1-42-32(41)38(22-11-6-3-7-12-22)35-31(40)28-24-13-8-14-26(33)30(24)34-29(21-9-4-2-5-10-21)25(28)18-36-15-16-37-23(17-36)19-43-20-27(37)39/h2-14,23H,15-20H2,1H3,(H,35,40). The summed E-state index contributed by atoms with van der Waals surface area (Å²) in [6, 6.07) is 22.2. The molecule has 11 heteroatoms. The molecule has 6 rings (SSSR count). The van der Waals surface area contributed by atoms with Crippen LogP contribution in [0.4, 0.5) is 14.9 Å². The third-order valence-electron chi connectivity index (χ3n) is 7.73. The van der Waals surface area contributed by atoms with E-state index in [4.69, 9.17) is 14.5 Å². The Kier molecular flexibility index (Phi) is 7.99. The van der Waals surface area contributed by atoms with Crippen LogP contribution in [0.25, 0.3) is 22.2 Å². The maximum absolute atomic E-state index is 15.3. The number of rotatable bonds is 5. The Bertz CT molecular complexity index is 1670. The molecule has 1 unspecified atom stereocenters. The van der Waals surface area contributed by atoms with E-state index in [1.54, 1.807) is 36.4 Å². The first-order chi connectivity index (χ1) is 20.9. The smallest absolute Gasteiger partial charge is 0.433 e. The molecule has 3 aromatic carbocycles. The van der Waals surface area contributed by atoms with Crippen molar-refractivity contribution in [3.05, 3.63) is 95.8 Å². The molecule has 0 radical (unpaired) electrons. The van der Waals surface area contributed by atoms with E-state index in [0.717, 1.165) is 5.01 Å². The molecular weight excluding hydrogens is 553 g/mol. The molecule has 1 atom stereocenters. The van der Waals surface area contributed by atoms with Gasteiger partial charge in [-0.1, -0.05) is 60.7 Å². The van der Waals surface area contributed by atoms with E-state index in [1.165, 1.54) is 19.2 Å². The summed E-state index contributed by atoms with van der Waals surface area (Å²) in [7, 11) is 1.22. The van der Waals surface area contributed by atoms with Gasteiger partial charge in [0.15, 0.2) is 0 Å². The van der Waals surface area contributed by atoms with Gasteiger partial charge in [-0.2, -0.15) is 5.01 Å². The van der Waals surface area contributed by atoms with Gasteiger partial charge < -0.3 is 14.4 Å². The van der Waals surface area contributed by atoms with Gasteiger partial charge in [0.1, 0.15) is 17.9 Å². The van der Waals surface area contributed by atoms with Crippen molar-refractivity contribution in [2.24, 2.45) is 0 Å². The van der Waals surface area contributed by atoms with Crippen LogP contribution in [0.1, 0.15) is 15.9 Å². The first kappa shape index (κ1) is 28.3. The number of aromatic nitrogens is 1. The lowest BCUT2D eigenvalue weighted by atomic mass is 9.95. The molecule has 0 spiro atoms. The summed E-state index contributed by atoms with van der Waals surface area (Å²) in [6.07, 6.45) is -0.799. The number of morpholine rings is 1. The van der Waals surface area contributed by atoms with Gasteiger partial charge in [-0.3, -0.25) is 19.9 Å². The average molecular weight is 584 g/mol. The molecule has 220 valence electrons. The van der Waals surface area contributed by atoms with Gasteiger partial charge in [0.05, 0.1) is 36.7 Å². The van der Waals surface area contributed by atoms with Crippen LogP contribution in [-0.2, 0) is 20.8 Å². The summed E-state index contributed by atoms with van der Waals surface area (Å²) < 4.78 is 25.8. The monoisotopic (exact) mass is 583 g/mol. The number of nitrogens with zero attached hydrogens (tertiary/aromatic N) is 4. The van der Waals surface area contributed by atoms with Crippen molar-refractivity contribution in [1.82, 2.24) is 20.2 Å². The van der Waals surface area contributed by atoms with E-state index in [-0.39, 0.29) is 36.2 Å². The minimum atomic E-state index is -0.799. The number of anilines is 1. The Morgan fingerprint density at radius 1 is 1.05 bits per heavy atom. The molecule has 0 saturated carbocycles. The molecule has 2 aliphatic rings. The number of halogens is 1. The van der Waals surface area contributed by atoms with E-state index in [0.29, 0.717) is 54.1 Å². The number of para-hydroxylation sites is 2. The number of amides is 3. The molecule has 10 nitrogen and oxygen atoms in total. The number of carbonyl (C=O) groups is 3. The van der Waals surface area contributed by atoms with E-state index in [2.05, 4.69) is 10.3 Å². The highest BCUT2D eigenvalue weighted by Crippen LogP contribution is 2.33. The summed E-state index contributed by atoms with van der Waals surface area (Å²) in [5.74, 6) is -1.24. The van der Waals surface area contributed by atoms with Crippen molar-refractivity contribution in [3.8, 4) is 11.3 Å². The van der Waals surface area contributed by atoms with Gasteiger partial charge in [0.25, 0.3) is 5.91 Å². The molecular formula is C32H30FN5O5. The fourth-order valence-corrected chi connectivity index (χ4v) is 5.70. The normalized spacial score (nSPS) is 16.9. The fourth-order valence-electron chi connectivity index (χ4n) is 5.70. The molecule has 0 aliphatic carbocycles. The van der Waals surface area contributed by atoms with Crippen molar-refractivity contribution >= 4 is 34.5 Å². The molecule has 1 aromatic heterocycles. The molecule has 2 aliphatic heterocycles. The van der Waals surface area contributed by atoms with Gasteiger partial charge in [-0.05, 0) is 18.2 Å². The van der Waals surface area contributed by atoms with E-state index >= 15 is 4.39 Å². The predicted molar refractivity (Wildman–Crippen MR) is 158 cm³/mol. The quantitative estimate of drug-likeness (QED) is 0.354. The molecule has 43 heavy (non-hydrogen) atoms. The number of nitrogens with one attached hydrogen (secondary N) is 1. The fraction of sp³-hybridized carbons (Fsp3) is 0.250. The molecule has 3 amide bonds. The van der Waals surface area contributed by atoms with Crippen molar-refractivity contribution in [1.29, 1.82) is 0 Å². The van der Waals surface area contributed by atoms with Gasteiger partial charge in [0, 0.05) is 42.7 Å². The number of benzene rings is 3. The Morgan fingerprint density at radius 3 is 2.53 bits per heavy atom. The minimum absolute atomic E-state index is 0.0346. The lowest BCUT2D eigenvalue weighted by molar-refractivity contribution is -0.152. The topological polar surface area (TPSA) is 104 Å². The number of hydrogen-bond donors (Lipinski definition) is 1. The lowest BCUT2D eigenvalue weighted by Gasteiger charge is -2.43. The zero-order valence-corrected chi connectivity index (χ0v) is 23.5. The molecule has 4 aromatic rings. The van der Waals surface area contributed by atoms with Crippen LogP contribution in [0.2, 0.25) is 0 Å². The number of ether oxygens (including phenoxy) is 2. The second kappa shape index (κ2) is 12.2. The first-order valence-electron chi connectivity index (χ1n) is 13.9. The molecule has 3 heterocycles. The number of carbonyl (C=O) groups excluding carboxylic acids is 3. The Hall–Kier alpha value is -4.87. The van der Waals surface area contributed by atoms with Gasteiger partial charge in [-0.15, -0.1) is 0 Å². The second-order valence-corrected chi connectivity index (χ2v) is 10.4. The molecule has 0 bridgehead atoms. The maximum Gasteiger partial charge on any atom is 0.433 e. The van der Waals surface area contributed by atoms with Crippen LogP contribution >= 0.6 is 0 Å². The highest BCUT2D eigenvalue weighted by Gasteiger charge is 2.35. The second-order valence-electron chi connectivity index (χ2n) is 10.4. The average Bonchev–Trinajstić information content (AvgIpc) is 3.04. The predicted octanol–water partition coefficient (Wildman–Crippen LogP) is 4.00. The summed E-state index contributed by atoms with van der Waals surface area (Å²) in [5, 5.41) is 1.32. The van der Waals surface area contributed by atoms with Gasteiger partial charge in [-0.25, -0.2) is 14.2 Å². The van der Waals surface area contributed by atoms with Crippen LogP contribution < -0.4 is 10.4 Å². The van der Waals surface area contributed by atoms with Crippen LogP contribution in [-0.4, -0.2) is 78.7 Å². The first-order valence-corrected chi connectivity index (χ1v) is 13.9. The Labute approximate surface area is 247 Å². The number of fused-ring (bicyclic) bond motifs is 2. The van der Waals surface area contributed by atoms with Crippen molar-refractivity contribution in [2.45, 2.75) is 12.6 Å². The largest absolute Gasteiger partial charge is 0.451 e. The van der Waals surface area contributed by atoms with Crippen molar-refractivity contribution < 1.29 is 28.2 Å². The van der Waals surface area contributed by atoms with Gasteiger partial charge in [0.2, 0.25) is 5.91 Å². The van der Waals surface area contributed by atoms with Crippen LogP contribution in [0.3, 0.4) is 0 Å². The van der Waals surface area contributed by atoms with Crippen LogP contribution in [0.15, 0.2) is 78.9 Å². The number of hydrazine groups is 1. The van der Waals surface area contributed by atoms with Crippen molar-refractivity contribution in [3.63, 3.8) is 0 Å². The van der Waals surface area contributed by atoms with Crippen molar-refractivity contribution in [2.75, 3.05) is 45.0 Å². The number of methoxy groups -OCH3 is 1. The molecule has 1 N–H and O–H groups in total. The molecule has 2 saturated heterocycles. The number of piperazine rings is 1. The van der Waals surface area contributed by atoms with Crippen LogP contribution in [0.5, 0.6) is 0 Å². The summed E-state index contributed by atoms with van der Waals surface area (Å²) >= 11 is 0. The Morgan fingerprint density at radius 2 is 1.79 bits per heavy atom. The number of pyridine rings is 1. The molecule has 2 fully saturated rings. The zero-order valence-electron chi connectivity index (χ0n) is 23.5. The highest BCUT2D eigenvalue weighted by molar-refractivity contribution is 6.10. The SMILES string of the molecule is COC(=O)N(NC(=O)c1c(CN2CCN3C(=O)COCC3C2)c(-c2ccccc2)nc2c(F)cccc12)c1ccccc1.